The molecule has 1 atom stereocenters. The molecule has 0 radical (unpaired) electrons. The third kappa shape index (κ3) is 3.70. The molecule has 168 valence electrons. The summed E-state index contributed by atoms with van der Waals surface area (Å²) in [7, 11) is 1.71. The molecule has 0 spiro atoms. The summed E-state index contributed by atoms with van der Waals surface area (Å²) in [5.41, 5.74) is 3.35. The molecular weight excluding hydrogens is 422 g/mol. The molecule has 2 aromatic heterocycles. The lowest BCUT2D eigenvalue weighted by molar-refractivity contribution is 0.169. The van der Waals surface area contributed by atoms with E-state index in [0.717, 1.165) is 16.8 Å². The molecule has 11 heteroatoms. The number of carbonyl (C=O) groups excluding carboxylic acids is 1. The Balaban J connectivity index is 1.40. The van der Waals surface area contributed by atoms with E-state index in [0.29, 0.717) is 43.5 Å². The average molecular weight is 445 g/mol. The number of urea groups is 1. The van der Waals surface area contributed by atoms with E-state index < -0.39 is 0 Å². The fourth-order valence-electron chi connectivity index (χ4n) is 4.39. The minimum absolute atomic E-state index is 0.000115. The topological polar surface area (TPSA) is 126 Å². The van der Waals surface area contributed by atoms with Crippen LogP contribution in [-0.2, 0) is 13.1 Å². The van der Waals surface area contributed by atoms with Crippen molar-refractivity contribution >= 4 is 29.2 Å². The molecule has 2 aliphatic rings. The Morgan fingerprint density at radius 2 is 2.15 bits per heavy atom. The highest BCUT2D eigenvalue weighted by molar-refractivity contribution is 5.93. The predicted molar refractivity (Wildman–Crippen MR) is 121 cm³/mol. The van der Waals surface area contributed by atoms with Crippen LogP contribution in [0.2, 0.25) is 0 Å². The van der Waals surface area contributed by atoms with Gasteiger partial charge in [0, 0.05) is 31.5 Å². The van der Waals surface area contributed by atoms with E-state index in [1.807, 2.05) is 29.2 Å². The first kappa shape index (κ1) is 20.7. The van der Waals surface area contributed by atoms with E-state index in [1.165, 1.54) is 0 Å². The number of para-hydroxylation sites is 1. The van der Waals surface area contributed by atoms with E-state index in [9.17, 15) is 10.1 Å². The number of amides is 2. The maximum absolute atomic E-state index is 13.3. The first-order chi connectivity index (χ1) is 16.1. The van der Waals surface area contributed by atoms with Crippen LogP contribution in [0.15, 0.2) is 42.9 Å². The molecule has 33 heavy (non-hydrogen) atoms. The number of nitriles is 1. The van der Waals surface area contributed by atoms with Gasteiger partial charge >= 0.3 is 6.03 Å². The summed E-state index contributed by atoms with van der Waals surface area (Å²) < 4.78 is 1.61. The van der Waals surface area contributed by atoms with Crippen LogP contribution in [-0.4, -0.2) is 56.0 Å². The Kier molecular flexibility index (Phi) is 5.27. The smallest absolute Gasteiger partial charge is 0.326 e. The van der Waals surface area contributed by atoms with Gasteiger partial charge in [-0.05, 0) is 18.1 Å². The van der Waals surface area contributed by atoms with Gasteiger partial charge in [0.15, 0.2) is 6.19 Å². The number of benzene rings is 1. The molecule has 1 aromatic carbocycles. The molecule has 0 unspecified atom stereocenters. The molecule has 0 saturated heterocycles. The van der Waals surface area contributed by atoms with Crippen molar-refractivity contribution in [3.63, 3.8) is 0 Å². The number of hydrogen-bond donors (Lipinski definition) is 2. The number of fused-ring (bicyclic) bond motifs is 2. The zero-order valence-corrected chi connectivity index (χ0v) is 18.1. The molecule has 0 fully saturated rings. The third-order valence-electron chi connectivity index (χ3n) is 5.96. The van der Waals surface area contributed by atoms with Gasteiger partial charge < -0.3 is 15.3 Å². The number of rotatable bonds is 5. The molecule has 3 aromatic rings. The fraction of sp³-hybridized carbons (Fsp3) is 0.318. The largest absolute Gasteiger partial charge is 0.394 e. The van der Waals surface area contributed by atoms with Crippen LogP contribution in [0.5, 0.6) is 0 Å². The first-order valence-corrected chi connectivity index (χ1v) is 10.7. The minimum Gasteiger partial charge on any atom is -0.394 e. The summed E-state index contributed by atoms with van der Waals surface area (Å²) in [6, 6.07) is 7.45. The van der Waals surface area contributed by atoms with E-state index in [1.54, 1.807) is 40.1 Å². The van der Waals surface area contributed by atoms with Crippen molar-refractivity contribution in [1.29, 1.82) is 5.26 Å². The highest BCUT2D eigenvalue weighted by Gasteiger charge is 2.38. The van der Waals surface area contributed by atoms with E-state index in [-0.39, 0.29) is 18.7 Å². The number of anilines is 4. The minimum atomic E-state index is -0.145. The fourth-order valence-corrected chi connectivity index (χ4v) is 4.39. The van der Waals surface area contributed by atoms with Gasteiger partial charge in [0.05, 0.1) is 43.3 Å². The summed E-state index contributed by atoms with van der Waals surface area (Å²) in [5.74, 6) is 0.914. The van der Waals surface area contributed by atoms with E-state index in [4.69, 9.17) is 5.11 Å². The second-order valence-electron chi connectivity index (χ2n) is 7.97. The lowest BCUT2D eigenvalue weighted by Gasteiger charge is -2.42. The van der Waals surface area contributed by atoms with Crippen molar-refractivity contribution in [3.8, 4) is 6.19 Å². The Hall–Kier alpha value is -4.17. The summed E-state index contributed by atoms with van der Waals surface area (Å²) >= 11 is 0. The summed E-state index contributed by atoms with van der Waals surface area (Å²) in [5, 5.41) is 25.7. The molecule has 11 nitrogen and oxygen atoms in total. The SMILES string of the molecule is CN1C(=O)N([C@H]2CCN(C#N)c3ccccc32)Cc2cnc(Nc3cnn(CCO)c3)nc21. The van der Waals surface area contributed by atoms with Crippen molar-refractivity contribution in [2.75, 3.05) is 35.3 Å². The van der Waals surface area contributed by atoms with E-state index in [2.05, 4.69) is 26.6 Å². The van der Waals surface area contributed by atoms with Crippen molar-refractivity contribution in [1.82, 2.24) is 24.6 Å². The molecular formula is C22H23N9O2. The summed E-state index contributed by atoms with van der Waals surface area (Å²) in [6.07, 6.45) is 8.00. The third-order valence-corrected chi connectivity index (χ3v) is 5.96. The summed E-state index contributed by atoms with van der Waals surface area (Å²) in [6.45, 7) is 1.34. The van der Waals surface area contributed by atoms with Crippen LogP contribution in [0.1, 0.15) is 23.6 Å². The van der Waals surface area contributed by atoms with Crippen LogP contribution in [0.3, 0.4) is 0 Å². The average Bonchev–Trinajstić information content (AvgIpc) is 3.28. The van der Waals surface area contributed by atoms with Crippen molar-refractivity contribution in [2.45, 2.75) is 25.6 Å². The molecule has 0 saturated carbocycles. The predicted octanol–water partition coefficient (Wildman–Crippen LogP) is 2.21. The number of nitrogens with zero attached hydrogens (tertiary/aromatic N) is 8. The quantitative estimate of drug-likeness (QED) is 0.573. The number of carbonyl (C=O) groups is 1. The molecule has 4 heterocycles. The van der Waals surface area contributed by atoms with Gasteiger partial charge in [-0.25, -0.2) is 9.78 Å². The first-order valence-electron chi connectivity index (χ1n) is 10.7. The second-order valence-corrected chi connectivity index (χ2v) is 7.97. The zero-order valence-electron chi connectivity index (χ0n) is 18.1. The van der Waals surface area contributed by atoms with Gasteiger partial charge in [-0.3, -0.25) is 14.5 Å². The molecule has 0 bridgehead atoms. The Morgan fingerprint density at radius 1 is 1.30 bits per heavy atom. The van der Waals surface area contributed by atoms with Crippen LogP contribution in [0.25, 0.3) is 0 Å². The maximum atomic E-state index is 13.3. The maximum Gasteiger partial charge on any atom is 0.326 e. The number of nitrogens with one attached hydrogen (secondary N) is 1. The normalized spacial score (nSPS) is 17.4. The molecule has 2 N–H and O–H groups in total. The standard InChI is InChI=1S/C22H23N9O2/c1-28-20-15(10-24-21(27-20)26-16-11-25-30(13-16)8-9-32)12-31(22(28)33)19-6-7-29(14-23)18-5-3-2-4-17(18)19/h2-5,10-11,13,19,32H,6-9,12H2,1H3,(H,24,26,27)/t19-/m0/s1. The number of aromatic nitrogens is 4. The number of aliphatic hydroxyl groups is 1. The monoisotopic (exact) mass is 445 g/mol. The van der Waals surface area contributed by atoms with Crippen molar-refractivity contribution in [3.05, 3.63) is 54.0 Å². The Bertz CT molecular complexity index is 1230. The Labute approximate surface area is 190 Å². The van der Waals surface area contributed by atoms with Gasteiger partial charge in [0.25, 0.3) is 0 Å². The van der Waals surface area contributed by atoms with Gasteiger partial charge in [0.2, 0.25) is 5.95 Å². The van der Waals surface area contributed by atoms with Crippen molar-refractivity contribution in [2.24, 2.45) is 0 Å². The number of hydrogen-bond acceptors (Lipinski definition) is 8. The van der Waals surface area contributed by atoms with Gasteiger partial charge in [0.1, 0.15) is 5.82 Å². The molecule has 5 rings (SSSR count). The van der Waals surface area contributed by atoms with Crippen molar-refractivity contribution < 1.29 is 9.90 Å². The van der Waals surface area contributed by atoms with Gasteiger partial charge in [-0.15, -0.1) is 0 Å². The van der Waals surface area contributed by atoms with Crippen LogP contribution in [0, 0.1) is 11.5 Å². The lowest BCUT2D eigenvalue weighted by atomic mass is 9.94. The van der Waals surface area contributed by atoms with Gasteiger partial charge in [-0.2, -0.15) is 15.3 Å². The Morgan fingerprint density at radius 3 is 2.97 bits per heavy atom. The van der Waals surface area contributed by atoms with Crippen LogP contribution >= 0.6 is 0 Å². The molecule has 0 aliphatic carbocycles. The second kappa shape index (κ2) is 8.40. The molecule has 2 amide bonds. The highest BCUT2D eigenvalue weighted by atomic mass is 16.3. The van der Waals surface area contributed by atoms with E-state index >= 15 is 0 Å². The highest BCUT2D eigenvalue weighted by Crippen LogP contribution is 2.40. The summed E-state index contributed by atoms with van der Waals surface area (Å²) in [4.78, 5) is 27.4. The lowest BCUT2D eigenvalue weighted by Crippen LogP contribution is -2.49. The van der Waals surface area contributed by atoms with Gasteiger partial charge in [-0.1, -0.05) is 18.2 Å². The van der Waals surface area contributed by atoms with Crippen LogP contribution < -0.4 is 15.1 Å². The molecule has 2 aliphatic heterocycles. The van der Waals surface area contributed by atoms with Crippen LogP contribution in [0.4, 0.5) is 27.9 Å². The zero-order chi connectivity index (χ0) is 22.9. The number of aliphatic hydroxyl groups excluding tert-OH is 1.